The summed E-state index contributed by atoms with van der Waals surface area (Å²) >= 11 is 0. The van der Waals surface area contributed by atoms with Crippen LogP contribution in [0.25, 0.3) is 10.8 Å². The van der Waals surface area contributed by atoms with Gasteiger partial charge in [-0.2, -0.15) is 0 Å². The second kappa shape index (κ2) is 4.60. The van der Waals surface area contributed by atoms with Gasteiger partial charge < -0.3 is 10.5 Å². The highest BCUT2D eigenvalue weighted by atomic mass is 16.5. The minimum atomic E-state index is -0.507. The first-order valence-corrected chi connectivity index (χ1v) is 6.91. The maximum Gasteiger partial charge on any atom is 0.313 e. The molecule has 3 nitrogen and oxygen atoms in total. The predicted octanol–water partition coefficient (Wildman–Crippen LogP) is 3.10. The molecule has 2 aromatic rings. The second-order valence-corrected chi connectivity index (χ2v) is 5.74. The van der Waals surface area contributed by atoms with Gasteiger partial charge in [-0.3, -0.25) is 4.79 Å². The summed E-state index contributed by atoms with van der Waals surface area (Å²) in [6.45, 7) is 2.08. The minimum Gasteiger partial charge on any atom is -0.469 e. The molecule has 104 valence electrons. The Balaban J connectivity index is 1.98. The number of methoxy groups -OCH3 is 1. The smallest absolute Gasteiger partial charge is 0.313 e. The van der Waals surface area contributed by atoms with Gasteiger partial charge in [0.2, 0.25) is 0 Å². The molecule has 0 spiro atoms. The largest absolute Gasteiger partial charge is 0.469 e. The molecule has 1 aliphatic rings. The van der Waals surface area contributed by atoms with Crippen LogP contribution in [0.1, 0.15) is 30.0 Å². The van der Waals surface area contributed by atoms with E-state index in [1.54, 1.807) is 0 Å². The number of hydrogen-bond acceptors (Lipinski definition) is 3. The topological polar surface area (TPSA) is 52.3 Å². The molecule has 1 fully saturated rings. The first kappa shape index (κ1) is 13.1. The molecule has 1 saturated carbocycles. The van der Waals surface area contributed by atoms with Crippen molar-refractivity contribution in [3.63, 3.8) is 0 Å². The SMILES string of the molecule is COC(=O)C1(C(N)c2ccc3cc(C)ccc3c2)CC1. The van der Waals surface area contributed by atoms with E-state index in [0.29, 0.717) is 0 Å². The molecule has 2 aromatic carbocycles. The number of esters is 1. The fraction of sp³-hybridized carbons (Fsp3) is 0.353. The zero-order chi connectivity index (χ0) is 14.3. The van der Waals surface area contributed by atoms with Crippen molar-refractivity contribution in [1.82, 2.24) is 0 Å². The molecule has 0 aromatic heterocycles. The number of carbonyl (C=O) groups excluding carboxylic acids is 1. The van der Waals surface area contributed by atoms with E-state index in [1.807, 2.05) is 6.07 Å². The van der Waals surface area contributed by atoms with Crippen LogP contribution >= 0.6 is 0 Å². The number of hydrogen-bond donors (Lipinski definition) is 1. The zero-order valence-corrected chi connectivity index (χ0v) is 11.8. The zero-order valence-electron chi connectivity index (χ0n) is 11.8. The molecule has 1 aliphatic carbocycles. The number of rotatable bonds is 3. The van der Waals surface area contributed by atoms with Crippen LogP contribution in [0, 0.1) is 12.3 Å². The molecule has 0 aliphatic heterocycles. The molecule has 1 atom stereocenters. The van der Waals surface area contributed by atoms with Gasteiger partial charge in [0.1, 0.15) is 0 Å². The van der Waals surface area contributed by atoms with Gasteiger partial charge in [0, 0.05) is 6.04 Å². The summed E-state index contributed by atoms with van der Waals surface area (Å²) in [5, 5.41) is 2.35. The van der Waals surface area contributed by atoms with E-state index in [0.717, 1.165) is 23.8 Å². The van der Waals surface area contributed by atoms with Crippen LogP contribution in [0.15, 0.2) is 36.4 Å². The standard InChI is InChI=1S/C17H19NO2/c1-11-3-4-13-10-14(6-5-12(13)9-11)15(18)17(7-8-17)16(19)20-2/h3-6,9-10,15H,7-8,18H2,1-2H3. The van der Waals surface area contributed by atoms with Crippen LogP contribution in [0.5, 0.6) is 0 Å². The lowest BCUT2D eigenvalue weighted by Crippen LogP contribution is -2.31. The number of ether oxygens (including phenoxy) is 1. The Morgan fingerprint density at radius 1 is 1.20 bits per heavy atom. The Kier molecular flexibility index (Phi) is 3.02. The van der Waals surface area contributed by atoms with Crippen molar-refractivity contribution in [2.45, 2.75) is 25.8 Å². The third-order valence-corrected chi connectivity index (χ3v) is 4.35. The summed E-state index contributed by atoms with van der Waals surface area (Å²) in [7, 11) is 1.43. The van der Waals surface area contributed by atoms with Crippen molar-refractivity contribution in [1.29, 1.82) is 0 Å². The summed E-state index contributed by atoms with van der Waals surface area (Å²) in [5.41, 5.74) is 8.07. The summed E-state index contributed by atoms with van der Waals surface area (Å²) in [6, 6.07) is 12.2. The second-order valence-electron chi connectivity index (χ2n) is 5.74. The van der Waals surface area contributed by atoms with Crippen LogP contribution in [0.4, 0.5) is 0 Å². The number of benzene rings is 2. The van der Waals surface area contributed by atoms with Gasteiger partial charge in [0.15, 0.2) is 0 Å². The number of carbonyl (C=O) groups is 1. The Bertz CT molecular complexity index is 674. The molecule has 20 heavy (non-hydrogen) atoms. The van der Waals surface area contributed by atoms with Crippen LogP contribution < -0.4 is 5.73 Å². The van der Waals surface area contributed by atoms with Crippen molar-refractivity contribution in [3.8, 4) is 0 Å². The van der Waals surface area contributed by atoms with E-state index in [1.165, 1.54) is 18.1 Å². The summed E-state index contributed by atoms with van der Waals surface area (Å²) < 4.78 is 4.90. The highest BCUT2D eigenvalue weighted by molar-refractivity contribution is 5.85. The summed E-state index contributed by atoms with van der Waals surface area (Å²) in [4.78, 5) is 11.9. The van der Waals surface area contributed by atoms with Crippen LogP contribution in [0.2, 0.25) is 0 Å². The van der Waals surface area contributed by atoms with Crippen LogP contribution in [-0.4, -0.2) is 13.1 Å². The monoisotopic (exact) mass is 269 g/mol. The fourth-order valence-corrected chi connectivity index (χ4v) is 2.88. The Morgan fingerprint density at radius 3 is 2.50 bits per heavy atom. The normalized spacial score (nSPS) is 17.8. The molecule has 3 heteroatoms. The molecule has 0 saturated heterocycles. The van der Waals surface area contributed by atoms with E-state index in [9.17, 15) is 4.79 Å². The van der Waals surface area contributed by atoms with Crippen LogP contribution in [-0.2, 0) is 9.53 Å². The van der Waals surface area contributed by atoms with Crippen molar-refractivity contribution >= 4 is 16.7 Å². The summed E-state index contributed by atoms with van der Waals surface area (Å²) in [6.07, 6.45) is 1.62. The molecule has 2 N–H and O–H groups in total. The fourth-order valence-electron chi connectivity index (χ4n) is 2.88. The lowest BCUT2D eigenvalue weighted by Gasteiger charge is -2.21. The number of fused-ring (bicyclic) bond motifs is 1. The van der Waals surface area contributed by atoms with Crippen molar-refractivity contribution < 1.29 is 9.53 Å². The van der Waals surface area contributed by atoms with E-state index >= 15 is 0 Å². The van der Waals surface area contributed by atoms with Gasteiger partial charge in [-0.1, -0.05) is 35.9 Å². The first-order chi connectivity index (χ1) is 9.56. The molecule has 0 bridgehead atoms. The van der Waals surface area contributed by atoms with Crippen molar-refractivity contribution in [3.05, 3.63) is 47.5 Å². The molecule has 3 rings (SSSR count). The molecular weight excluding hydrogens is 250 g/mol. The van der Waals surface area contributed by atoms with Crippen molar-refractivity contribution in [2.24, 2.45) is 11.1 Å². The van der Waals surface area contributed by atoms with Gasteiger partial charge in [0.25, 0.3) is 0 Å². The average Bonchev–Trinajstić information content (AvgIpc) is 3.26. The Morgan fingerprint density at radius 2 is 1.85 bits per heavy atom. The van der Waals surface area contributed by atoms with Gasteiger partial charge in [-0.25, -0.2) is 0 Å². The van der Waals surface area contributed by atoms with Gasteiger partial charge >= 0.3 is 5.97 Å². The minimum absolute atomic E-state index is 0.186. The van der Waals surface area contributed by atoms with Gasteiger partial charge in [-0.05, 0) is 42.2 Å². The third kappa shape index (κ3) is 1.98. The Hall–Kier alpha value is -1.87. The number of nitrogens with two attached hydrogens (primary N) is 1. The molecule has 1 unspecified atom stereocenters. The van der Waals surface area contributed by atoms with Crippen LogP contribution in [0.3, 0.4) is 0 Å². The maximum absolute atomic E-state index is 11.9. The first-order valence-electron chi connectivity index (χ1n) is 6.91. The average molecular weight is 269 g/mol. The predicted molar refractivity (Wildman–Crippen MR) is 79.3 cm³/mol. The summed E-state index contributed by atoms with van der Waals surface area (Å²) in [5.74, 6) is -0.186. The van der Waals surface area contributed by atoms with E-state index in [2.05, 4.69) is 37.3 Å². The Labute approximate surface area is 118 Å². The highest BCUT2D eigenvalue weighted by Crippen LogP contribution is 2.54. The molecule has 0 amide bonds. The van der Waals surface area contributed by atoms with E-state index in [4.69, 9.17) is 10.5 Å². The van der Waals surface area contributed by atoms with E-state index < -0.39 is 5.41 Å². The van der Waals surface area contributed by atoms with Crippen molar-refractivity contribution in [2.75, 3.05) is 7.11 Å². The van der Waals surface area contributed by atoms with Gasteiger partial charge in [0.05, 0.1) is 12.5 Å². The molecular formula is C17H19NO2. The maximum atomic E-state index is 11.9. The molecule has 0 heterocycles. The van der Waals surface area contributed by atoms with E-state index in [-0.39, 0.29) is 12.0 Å². The highest BCUT2D eigenvalue weighted by Gasteiger charge is 2.56. The lowest BCUT2D eigenvalue weighted by molar-refractivity contribution is -0.148. The third-order valence-electron chi connectivity index (χ3n) is 4.35. The lowest BCUT2D eigenvalue weighted by atomic mass is 9.89. The quantitative estimate of drug-likeness (QED) is 0.871. The van der Waals surface area contributed by atoms with Gasteiger partial charge in [-0.15, -0.1) is 0 Å². The molecule has 0 radical (unpaired) electrons. The number of aryl methyl sites for hydroxylation is 1.